The lowest BCUT2D eigenvalue weighted by atomic mass is 9.98. The van der Waals surface area contributed by atoms with Gasteiger partial charge in [-0.3, -0.25) is 0 Å². The third-order valence-electron chi connectivity index (χ3n) is 3.61. The summed E-state index contributed by atoms with van der Waals surface area (Å²) in [6, 6.07) is 11.3. The molecule has 4 heteroatoms. The Hall–Kier alpha value is -2.10. The van der Waals surface area contributed by atoms with Gasteiger partial charge in [0, 0.05) is 11.6 Å². The van der Waals surface area contributed by atoms with E-state index in [0.717, 1.165) is 31.2 Å². The molecule has 0 saturated heterocycles. The van der Waals surface area contributed by atoms with E-state index in [4.69, 9.17) is 9.26 Å². The zero-order chi connectivity index (χ0) is 13.8. The van der Waals surface area contributed by atoms with Gasteiger partial charge in [0.2, 0.25) is 5.76 Å². The SMILES string of the molecule is O=C(OC1CCCCC1)c1cc(-c2ccccc2)no1. The third-order valence-corrected chi connectivity index (χ3v) is 3.61. The van der Waals surface area contributed by atoms with Gasteiger partial charge < -0.3 is 9.26 Å². The van der Waals surface area contributed by atoms with Crippen LogP contribution in [0.3, 0.4) is 0 Å². The van der Waals surface area contributed by atoms with E-state index in [1.54, 1.807) is 6.07 Å². The molecular formula is C16H17NO3. The zero-order valence-corrected chi connectivity index (χ0v) is 11.2. The fourth-order valence-electron chi connectivity index (χ4n) is 2.51. The maximum atomic E-state index is 12.0. The van der Waals surface area contributed by atoms with Crippen LogP contribution >= 0.6 is 0 Å². The summed E-state index contributed by atoms with van der Waals surface area (Å²) in [5.41, 5.74) is 1.58. The number of nitrogens with zero attached hydrogens (tertiary/aromatic N) is 1. The van der Waals surface area contributed by atoms with Crippen LogP contribution in [0.15, 0.2) is 40.9 Å². The molecule has 0 N–H and O–H groups in total. The van der Waals surface area contributed by atoms with Crippen LogP contribution in [-0.4, -0.2) is 17.2 Å². The van der Waals surface area contributed by atoms with Gasteiger partial charge in [-0.25, -0.2) is 4.79 Å². The summed E-state index contributed by atoms with van der Waals surface area (Å²) in [6.07, 6.45) is 5.42. The first-order valence-electron chi connectivity index (χ1n) is 7.06. The topological polar surface area (TPSA) is 52.3 Å². The predicted octanol–water partition coefficient (Wildman–Crippen LogP) is 3.83. The first-order chi connectivity index (χ1) is 9.83. The Labute approximate surface area is 117 Å². The van der Waals surface area contributed by atoms with Crippen molar-refractivity contribution in [3.05, 3.63) is 42.2 Å². The molecule has 4 nitrogen and oxygen atoms in total. The highest BCUT2D eigenvalue weighted by Crippen LogP contribution is 2.23. The van der Waals surface area contributed by atoms with Crippen molar-refractivity contribution in [1.29, 1.82) is 0 Å². The first-order valence-corrected chi connectivity index (χ1v) is 7.06. The van der Waals surface area contributed by atoms with Crippen molar-refractivity contribution in [2.45, 2.75) is 38.2 Å². The van der Waals surface area contributed by atoms with Crippen molar-refractivity contribution < 1.29 is 14.1 Å². The van der Waals surface area contributed by atoms with Gasteiger partial charge in [0.15, 0.2) is 0 Å². The zero-order valence-electron chi connectivity index (χ0n) is 11.2. The Bertz CT molecular complexity index is 570. The van der Waals surface area contributed by atoms with Crippen LogP contribution in [0.25, 0.3) is 11.3 Å². The van der Waals surface area contributed by atoms with Gasteiger partial charge in [0.1, 0.15) is 11.8 Å². The van der Waals surface area contributed by atoms with Gasteiger partial charge in [-0.2, -0.15) is 0 Å². The fourth-order valence-corrected chi connectivity index (χ4v) is 2.51. The molecule has 1 fully saturated rings. The van der Waals surface area contributed by atoms with E-state index in [2.05, 4.69) is 5.16 Å². The van der Waals surface area contributed by atoms with Gasteiger partial charge in [-0.05, 0) is 25.7 Å². The molecule has 0 radical (unpaired) electrons. The van der Waals surface area contributed by atoms with Crippen LogP contribution in [0.1, 0.15) is 42.7 Å². The van der Waals surface area contributed by atoms with Crippen molar-refractivity contribution in [3.63, 3.8) is 0 Å². The van der Waals surface area contributed by atoms with Gasteiger partial charge >= 0.3 is 5.97 Å². The lowest BCUT2D eigenvalue weighted by molar-refractivity contribution is 0.0168. The minimum atomic E-state index is -0.411. The standard InChI is InChI=1S/C16H17NO3/c18-16(19-13-9-5-2-6-10-13)15-11-14(17-20-15)12-7-3-1-4-8-12/h1,3-4,7-8,11,13H,2,5-6,9-10H2. The van der Waals surface area contributed by atoms with Gasteiger partial charge in [-0.15, -0.1) is 0 Å². The predicted molar refractivity (Wildman–Crippen MR) is 74.2 cm³/mol. The van der Waals surface area contributed by atoms with E-state index < -0.39 is 5.97 Å². The van der Waals surface area contributed by atoms with E-state index in [0.29, 0.717) is 5.69 Å². The van der Waals surface area contributed by atoms with Crippen molar-refractivity contribution >= 4 is 5.97 Å². The van der Waals surface area contributed by atoms with Crippen molar-refractivity contribution in [2.75, 3.05) is 0 Å². The molecule has 0 unspecified atom stereocenters. The largest absolute Gasteiger partial charge is 0.456 e. The van der Waals surface area contributed by atoms with Crippen LogP contribution in [-0.2, 0) is 4.74 Å². The van der Waals surface area contributed by atoms with Crippen LogP contribution in [0.4, 0.5) is 0 Å². The van der Waals surface area contributed by atoms with Gasteiger partial charge in [0.05, 0.1) is 0 Å². The van der Waals surface area contributed by atoms with Gasteiger partial charge in [-0.1, -0.05) is 41.9 Å². The highest BCUT2D eigenvalue weighted by Gasteiger charge is 2.21. The van der Waals surface area contributed by atoms with Crippen molar-refractivity contribution in [1.82, 2.24) is 5.16 Å². The van der Waals surface area contributed by atoms with E-state index in [1.165, 1.54) is 6.42 Å². The molecule has 2 aromatic rings. The molecule has 1 aliphatic carbocycles. The minimum absolute atomic E-state index is 0.0292. The molecule has 104 valence electrons. The highest BCUT2D eigenvalue weighted by molar-refractivity contribution is 5.87. The Morgan fingerprint density at radius 2 is 1.90 bits per heavy atom. The molecule has 3 rings (SSSR count). The second kappa shape index (κ2) is 5.90. The van der Waals surface area contributed by atoms with Crippen molar-refractivity contribution in [2.24, 2.45) is 0 Å². The fraction of sp³-hybridized carbons (Fsp3) is 0.375. The molecule has 0 bridgehead atoms. The Kier molecular flexibility index (Phi) is 3.81. The molecule has 1 aliphatic rings. The summed E-state index contributed by atoms with van der Waals surface area (Å²) < 4.78 is 10.6. The maximum absolute atomic E-state index is 12.0. The van der Waals surface area contributed by atoms with E-state index in [-0.39, 0.29) is 11.9 Å². The number of aromatic nitrogens is 1. The smallest absolute Gasteiger partial charge is 0.377 e. The normalized spacial score (nSPS) is 16.0. The molecule has 0 atom stereocenters. The van der Waals surface area contributed by atoms with E-state index in [1.807, 2.05) is 30.3 Å². The summed E-state index contributed by atoms with van der Waals surface area (Å²) in [4.78, 5) is 12.0. The molecule has 0 spiro atoms. The molecule has 1 heterocycles. The molecule has 0 aliphatic heterocycles. The van der Waals surface area contributed by atoms with Crippen LogP contribution in [0.5, 0.6) is 0 Å². The number of carbonyl (C=O) groups is 1. The number of esters is 1. The highest BCUT2D eigenvalue weighted by atomic mass is 16.6. The third kappa shape index (κ3) is 2.90. The maximum Gasteiger partial charge on any atom is 0.377 e. The van der Waals surface area contributed by atoms with E-state index in [9.17, 15) is 4.79 Å². The van der Waals surface area contributed by atoms with Crippen LogP contribution in [0.2, 0.25) is 0 Å². The molecule has 1 saturated carbocycles. The number of ether oxygens (including phenoxy) is 1. The number of carbonyl (C=O) groups excluding carboxylic acids is 1. The number of benzene rings is 1. The Balaban J connectivity index is 1.68. The van der Waals surface area contributed by atoms with Crippen LogP contribution in [0, 0.1) is 0 Å². The average molecular weight is 271 g/mol. The number of hydrogen-bond acceptors (Lipinski definition) is 4. The average Bonchev–Trinajstić information content (AvgIpc) is 2.99. The second-order valence-corrected chi connectivity index (χ2v) is 5.11. The number of rotatable bonds is 3. The summed E-state index contributed by atoms with van der Waals surface area (Å²) >= 11 is 0. The second-order valence-electron chi connectivity index (χ2n) is 5.11. The van der Waals surface area contributed by atoms with E-state index >= 15 is 0 Å². The number of hydrogen-bond donors (Lipinski definition) is 0. The molecule has 0 amide bonds. The molecular weight excluding hydrogens is 254 g/mol. The lowest BCUT2D eigenvalue weighted by Crippen LogP contribution is -2.20. The molecule has 20 heavy (non-hydrogen) atoms. The minimum Gasteiger partial charge on any atom is -0.456 e. The molecule has 1 aromatic heterocycles. The Morgan fingerprint density at radius 1 is 1.15 bits per heavy atom. The first kappa shape index (κ1) is 12.9. The van der Waals surface area contributed by atoms with Crippen LogP contribution < -0.4 is 0 Å². The van der Waals surface area contributed by atoms with Gasteiger partial charge in [0.25, 0.3) is 0 Å². The summed E-state index contributed by atoms with van der Waals surface area (Å²) in [6.45, 7) is 0. The summed E-state index contributed by atoms with van der Waals surface area (Å²) in [5.74, 6) is -0.235. The monoisotopic (exact) mass is 271 g/mol. The summed E-state index contributed by atoms with van der Waals surface area (Å²) in [5, 5.41) is 3.92. The molecule has 1 aromatic carbocycles. The quantitative estimate of drug-likeness (QED) is 0.796. The Morgan fingerprint density at radius 3 is 2.65 bits per heavy atom. The summed E-state index contributed by atoms with van der Waals surface area (Å²) in [7, 11) is 0. The van der Waals surface area contributed by atoms with Crippen molar-refractivity contribution in [3.8, 4) is 11.3 Å². The lowest BCUT2D eigenvalue weighted by Gasteiger charge is -2.20.